The van der Waals surface area contributed by atoms with E-state index >= 15 is 0 Å². The lowest BCUT2D eigenvalue weighted by Gasteiger charge is -2.23. The molecular formula is C20H23N3O3. The molecule has 1 atom stereocenters. The fourth-order valence-electron chi connectivity index (χ4n) is 4.25. The number of aromatic nitrogens is 1. The summed E-state index contributed by atoms with van der Waals surface area (Å²) in [5.74, 6) is 1.05. The molecule has 26 heavy (non-hydrogen) atoms. The predicted molar refractivity (Wildman–Crippen MR) is 96.7 cm³/mol. The minimum absolute atomic E-state index is 0.0795. The number of rotatable bonds is 4. The predicted octanol–water partition coefficient (Wildman–Crippen LogP) is 3.43. The van der Waals surface area contributed by atoms with Gasteiger partial charge in [-0.05, 0) is 43.9 Å². The van der Waals surface area contributed by atoms with Crippen molar-refractivity contribution in [3.8, 4) is 0 Å². The number of fused-ring (bicyclic) bond motifs is 1. The summed E-state index contributed by atoms with van der Waals surface area (Å²) in [5, 5.41) is 2.96. The maximum atomic E-state index is 12.6. The zero-order valence-electron chi connectivity index (χ0n) is 14.7. The van der Waals surface area contributed by atoms with Crippen LogP contribution in [-0.2, 0) is 9.59 Å². The minimum atomic E-state index is -0.266. The zero-order valence-corrected chi connectivity index (χ0v) is 14.7. The molecule has 2 saturated carbocycles. The highest BCUT2D eigenvalue weighted by Crippen LogP contribution is 2.40. The molecule has 1 aromatic heterocycles. The van der Waals surface area contributed by atoms with Gasteiger partial charge in [0.1, 0.15) is 5.52 Å². The standard InChI is InChI=1S/C20H23N3O3/c24-18-9-13(11-23(18)15-3-1-2-4-15)19(25)21-14-7-8-17-16(10-14)22-20(26-17)12-5-6-12/h7-8,10,12-13,15H,1-6,9,11H2,(H,21,25). The molecular weight excluding hydrogens is 330 g/mol. The van der Waals surface area contributed by atoms with Crippen LogP contribution in [0.15, 0.2) is 22.6 Å². The number of amides is 2. The van der Waals surface area contributed by atoms with Gasteiger partial charge in [-0.2, -0.15) is 0 Å². The van der Waals surface area contributed by atoms with Crippen LogP contribution in [-0.4, -0.2) is 34.3 Å². The van der Waals surface area contributed by atoms with E-state index in [1.54, 1.807) is 0 Å². The molecule has 1 unspecified atom stereocenters. The first-order chi connectivity index (χ1) is 12.7. The number of likely N-dealkylation sites (tertiary alicyclic amines) is 1. The summed E-state index contributed by atoms with van der Waals surface area (Å²) < 4.78 is 5.76. The summed E-state index contributed by atoms with van der Waals surface area (Å²) in [5.41, 5.74) is 2.25. The number of carbonyl (C=O) groups excluding carboxylic acids is 2. The van der Waals surface area contributed by atoms with Crippen molar-refractivity contribution in [3.05, 3.63) is 24.1 Å². The minimum Gasteiger partial charge on any atom is -0.440 e. The van der Waals surface area contributed by atoms with Gasteiger partial charge in [-0.1, -0.05) is 12.8 Å². The van der Waals surface area contributed by atoms with E-state index in [9.17, 15) is 9.59 Å². The number of oxazole rings is 1. The Morgan fingerprint density at radius 2 is 2.00 bits per heavy atom. The quantitative estimate of drug-likeness (QED) is 0.914. The number of nitrogens with one attached hydrogen (secondary N) is 1. The lowest BCUT2D eigenvalue weighted by atomic mass is 10.1. The molecule has 2 aliphatic carbocycles. The van der Waals surface area contributed by atoms with Crippen LogP contribution < -0.4 is 5.32 Å². The van der Waals surface area contributed by atoms with Gasteiger partial charge < -0.3 is 14.6 Å². The largest absolute Gasteiger partial charge is 0.440 e. The molecule has 0 spiro atoms. The van der Waals surface area contributed by atoms with E-state index in [0.717, 1.165) is 42.7 Å². The van der Waals surface area contributed by atoms with Crippen LogP contribution in [0.1, 0.15) is 56.8 Å². The molecule has 1 aliphatic heterocycles. The van der Waals surface area contributed by atoms with Crippen LogP contribution in [0.25, 0.3) is 11.1 Å². The van der Waals surface area contributed by atoms with Crippen LogP contribution in [0.3, 0.4) is 0 Å². The smallest absolute Gasteiger partial charge is 0.229 e. The number of carbonyl (C=O) groups is 2. The Labute approximate surface area is 151 Å². The first-order valence-electron chi connectivity index (χ1n) is 9.68. The molecule has 5 rings (SSSR count). The molecule has 2 aromatic rings. The lowest BCUT2D eigenvalue weighted by molar-refractivity contribution is -0.129. The van der Waals surface area contributed by atoms with Crippen molar-refractivity contribution in [2.24, 2.45) is 5.92 Å². The summed E-state index contributed by atoms with van der Waals surface area (Å²) >= 11 is 0. The highest BCUT2D eigenvalue weighted by molar-refractivity contribution is 5.98. The topological polar surface area (TPSA) is 75.4 Å². The Bertz CT molecular complexity index is 864. The third kappa shape index (κ3) is 2.87. The van der Waals surface area contributed by atoms with Crippen molar-refractivity contribution in [2.45, 2.75) is 56.9 Å². The average molecular weight is 353 g/mol. The molecule has 0 bridgehead atoms. The average Bonchev–Trinajstić information content (AvgIpc) is 3.04. The van der Waals surface area contributed by atoms with Gasteiger partial charge in [0.2, 0.25) is 11.8 Å². The number of hydrogen-bond donors (Lipinski definition) is 1. The van der Waals surface area contributed by atoms with Crippen molar-refractivity contribution in [1.82, 2.24) is 9.88 Å². The lowest BCUT2D eigenvalue weighted by Crippen LogP contribution is -2.35. The number of nitrogens with zero attached hydrogens (tertiary/aromatic N) is 2. The van der Waals surface area contributed by atoms with Gasteiger partial charge >= 0.3 is 0 Å². The van der Waals surface area contributed by atoms with Crippen LogP contribution in [0.2, 0.25) is 0 Å². The van der Waals surface area contributed by atoms with Gasteiger partial charge in [0.05, 0.1) is 5.92 Å². The van der Waals surface area contributed by atoms with Crippen LogP contribution >= 0.6 is 0 Å². The highest BCUT2D eigenvalue weighted by Gasteiger charge is 2.38. The molecule has 0 radical (unpaired) electrons. The maximum Gasteiger partial charge on any atom is 0.229 e. The molecule has 1 N–H and O–H groups in total. The number of hydrogen-bond acceptors (Lipinski definition) is 4. The van der Waals surface area contributed by atoms with E-state index in [2.05, 4.69) is 10.3 Å². The van der Waals surface area contributed by atoms with E-state index in [1.165, 1.54) is 12.8 Å². The normalized spacial score (nSPS) is 23.9. The van der Waals surface area contributed by atoms with Crippen molar-refractivity contribution in [1.29, 1.82) is 0 Å². The Kier molecular flexibility index (Phi) is 3.72. The first kappa shape index (κ1) is 15.9. The summed E-state index contributed by atoms with van der Waals surface area (Å²) in [7, 11) is 0. The zero-order chi connectivity index (χ0) is 17.7. The molecule has 6 nitrogen and oxygen atoms in total. The Morgan fingerprint density at radius 3 is 2.77 bits per heavy atom. The van der Waals surface area contributed by atoms with Crippen LogP contribution in [0.4, 0.5) is 5.69 Å². The maximum absolute atomic E-state index is 12.6. The molecule has 6 heteroatoms. The van der Waals surface area contributed by atoms with Crippen molar-refractivity contribution >= 4 is 28.6 Å². The highest BCUT2D eigenvalue weighted by atomic mass is 16.3. The SMILES string of the molecule is O=C(Nc1ccc2oc(C3CC3)nc2c1)C1CC(=O)N(C2CCCC2)C1. The van der Waals surface area contributed by atoms with Gasteiger partial charge in [0.15, 0.2) is 11.5 Å². The van der Waals surface area contributed by atoms with Gasteiger partial charge in [-0.3, -0.25) is 9.59 Å². The summed E-state index contributed by atoms with van der Waals surface area (Å²) in [6.45, 7) is 0.549. The fraction of sp³-hybridized carbons (Fsp3) is 0.550. The number of anilines is 1. The van der Waals surface area contributed by atoms with E-state index in [0.29, 0.717) is 30.6 Å². The van der Waals surface area contributed by atoms with Crippen molar-refractivity contribution in [2.75, 3.05) is 11.9 Å². The molecule has 2 heterocycles. The molecule has 1 aromatic carbocycles. The third-order valence-corrected chi connectivity index (χ3v) is 5.89. The van der Waals surface area contributed by atoms with Crippen LogP contribution in [0, 0.1) is 5.92 Å². The Hall–Kier alpha value is -2.37. The summed E-state index contributed by atoms with van der Waals surface area (Å²) in [6.07, 6.45) is 7.13. The Morgan fingerprint density at radius 1 is 1.19 bits per heavy atom. The monoisotopic (exact) mass is 353 g/mol. The summed E-state index contributed by atoms with van der Waals surface area (Å²) in [4.78, 5) is 31.4. The third-order valence-electron chi connectivity index (χ3n) is 5.89. The van der Waals surface area contributed by atoms with Crippen molar-refractivity contribution < 1.29 is 14.0 Å². The second kappa shape index (κ2) is 6.11. The van der Waals surface area contributed by atoms with Crippen LogP contribution in [0.5, 0.6) is 0 Å². The van der Waals surface area contributed by atoms with Gasteiger partial charge in [-0.25, -0.2) is 4.98 Å². The molecule has 2 amide bonds. The molecule has 136 valence electrons. The second-order valence-corrected chi connectivity index (χ2v) is 7.88. The molecule has 3 fully saturated rings. The van der Waals surface area contributed by atoms with E-state index in [4.69, 9.17) is 4.42 Å². The molecule has 3 aliphatic rings. The van der Waals surface area contributed by atoms with Gasteiger partial charge in [-0.15, -0.1) is 0 Å². The van der Waals surface area contributed by atoms with Gasteiger partial charge in [0, 0.05) is 30.6 Å². The molecule has 1 saturated heterocycles. The fourth-order valence-corrected chi connectivity index (χ4v) is 4.25. The Balaban J connectivity index is 1.27. The van der Waals surface area contributed by atoms with Crippen molar-refractivity contribution in [3.63, 3.8) is 0 Å². The van der Waals surface area contributed by atoms with E-state index in [1.807, 2.05) is 23.1 Å². The first-order valence-corrected chi connectivity index (χ1v) is 9.68. The van der Waals surface area contributed by atoms with Gasteiger partial charge in [0.25, 0.3) is 0 Å². The summed E-state index contributed by atoms with van der Waals surface area (Å²) in [6, 6.07) is 5.89. The number of benzene rings is 1. The second-order valence-electron chi connectivity index (χ2n) is 7.88. The van der Waals surface area contributed by atoms with E-state index < -0.39 is 0 Å². The van der Waals surface area contributed by atoms with E-state index in [-0.39, 0.29) is 17.7 Å².